The number of nitrogens with one attached hydrogen (secondary N) is 1. The van der Waals surface area contributed by atoms with Gasteiger partial charge in [-0.1, -0.05) is 6.08 Å². The number of rotatable bonds is 7. The molecule has 0 bridgehead atoms. The number of piperidine rings is 1. The smallest absolute Gasteiger partial charge is 0.310 e. The lowest BCUT2D eigenvalue weighted by Gasteiger charge is -2.31. The number of esters is 1. The maximum absolute atomic E-state index is 14.0. The Morgan fingerprint density at radius 2 is 2.19 bits per heavy atom. The van der Waals surface area contributed by atoms with Crippen LogP contribution in [0, 0.1) is 11.7 Å². The van der Waals surface area contributed by atoms with Crippen molar-refractivity contribution in [2.45, 2.75) is 24.7 Å². The highest BCUT2D eigenvalue weighted by Crippen LogP contribution is 2.22. The fourth-order valence-electron chi connectivity index (χ4n) is 2.89. The SMILES string of the molecule is C=CCNS(=O)(=O)c1cc(C(=O)N2CCCC(C(=O)OCC)C2)ccc1F. The zero-order chi connectivity index (χ0) is 20.0. The summed E-state index contributed by atoms with van der Waals surface area (Å²) in [6, 6.07) is 3.19. The molecule has 1 saturated heterocycles. The van der Waals surface area contributed by atoms with Crippen LogP contribution in [-0.2, 0) is 19.6 Å². The molecule has 7 nitrogen and oxygen atoms in total. The summed E-state index contributed by atoms with van der Waals surface area (Å²) >= 11 is 0. The van der Waals surface area contributed by atoms with Crippen molar-refractivity contribution in [3.05, 3.63) is 42.2 Å². The molecule has 0 radical (unpaired) electrons. The Kier molecular flexibility index (Phi) is 7.09. The van der Waals surface area contributed by atoms with Gasteiger partial charge in [0.15, 0.2) is 0 Å². The second-order valence-electron chi connectivity index (χ2n) is 6.13. The number of carbonyl (C=O) groups is 2. The van der Waals surface area contributed by atoms with Gasteiger partial charge in [-0.3, -0.25) is 9.59 Å². The summed E-state index contributed by atoms with van der Waals surface area (Å²) in [6.45, 7) is 5.94. The van der Waals surface area contributed by atoms with Gasteiger partial charge >= 0.3 is 5.97 Å². The van der Waals surface area contributed by atoms with Gasteiger partial charge in [-0.25, -0.2) is 17.5 Å². The minimum Gasteiger partial charge on any atom is -0.466 e. The van der Waals surface area contributed by atoms with E-state index in [-0.39, 0.29) is 31.2 Å². The van der Waals surface area contributed by atoms with Crippen molar-refractivity contribution in [1.82, 2.24) is 9.62 Å². The standard InChI is InChI=1S/C18H23FN2O5S/c1-3-9-20-27(24,25)16-11-13(7-8-15(16)19)17(22)21-10-5-6-14(12-21)18(23)26-4-2/h3,7-8,11,14,20H,1,4-6,9-10,12H2,2H3. The van der Waals surface area contributed by atoms with Crippen LogP contribution in [0.1, 0.15) is 30.1 Å². The molecule has 1 amide bonds. The van der Waals surface area contributed by atoms with Crippen LogP contribution in [0.15, 0.2) is 35.7 Å². The molecule has 1 fully saturated rings. The number of benzene rings is 1. The summed E-state index contributed by atoms with van der Waals surface area (Å²) < 4.78 is 45.6. The van der Waals surface area contributed by atoms with Gasteiger partial charge in [0, 0.05) is 25.2 Å². The van der Waals surface area contributed by atoms with Crippen LogP contribution in [0.2, 0.25) is 0 Å². The van der Waals surface area contributed by atoms with E-state index < -0.39 is 32.6 Å². The Balaban J connectivity index is 2.22. The van der Waals surface area contributed by atoms with E-state index >= 15 is 0 Å². The molecule has 1 aromatic rings. The molecule has 9 heteroatoms. The highest BCUT2D eigenvalue weighted by atomic mass is 32.2. The molecule has 1 unspecified atom stereocenters. The normalized spacial score (nSPS) is 17.4. The van der Waals surface area contributed by atoms with Gasteiger partial charge in [-0.05, 0) is 38.0 Å². The Labute approximate surface area is 158 Å². The van der Waals surface area contributed by atoms with Gasteiger partial charge in [-0.15, -0.1) is 6.58 Å². The van der Waals surface area contributed by atoms with Crippen molar-refractivity contribution in [3.8, 4) is 0 Å². The summed E-state index contributed by atoms with van der Waals surface area (Å²) in [4.78, 5) is 25.5. The van der Waals surface area contributed by atoms with E-state index in [0.29, 0.717) is 19.4 Å². The minimum atomic E-state index is -4.11. The molecule has 148 valence electrons. The van der Waals surface area contributed by atoms with Gasteiger partial charge < -0.3 is 9.64 Å². The van der Waals surface area contributed by atoms with E-state index in [1.165, 1.54) is 17.0 Å². The number of carbonyl (C=O) groups excluding carboxylic acids is 2. The molecule has 0 aliphatic carbocycles. The van der Waals surface area contributed by atoms with Gasteiger partial charge in [0.05, 0.1) is 12.5 Å². The maximum Gasteiger partial charge on any atom is 0.310 e. The quantitative estimate of drug-likeness (QED) is 0.558. The van der Waals surface area contributed by atoms with E-state index in [4.69, 9.17) is 4.74 Å². The number of halogens is 1. The number of likely N-dealkylation sites (tertiary alicyclic amines) is 1. The van der Waals surface area contributed by atoms with Crippen molar-refractivity contribution < 1.29 is 27.1 Å². The zero-order valence-electron chi connectivity index (χ0n) is 15.1. The number of amides is 1. The van der Waals surface area contributed by atoms with Crippen molar-refractivity contribution in [1.29, 1.82) is 0 Å². The first-order valence-electron chi connectivity index (χ1n) is 8.66. The van der Waals surface area contributed by atoms with E-state index in [1.807, 2.05) is 0 Å². The number of ether oxygens (including phenoxy) is 1. The van der Waals surface area contributed by atoms with Gasteiger partial charge in [-0.2, -0.15) is 0 Å². The summed E-state index contributed by atoms with van der Waals surface area (Å²) in [5, 5.41) is 0. The van der Waals surface area contributed by atoms with E-state index in [1.54, 1.807) is 6.92 Å². The third kappa shape index (κ3) is 5.14. The Morgan fingerprint density at radius 3 is 2.85 bits per heavy atom. The summed E-state index contributed by atoms with van der Waals surface area (Å²) in [5.41, 5.74) is 0.0416. The summed E-state index contributed by atoms with van der Waals surface area (Å²) in [5.74, 6) is -2.18. The average molecular weight is 398 g/mol. The lowest BCUT2D eigenvalue weighted by atomic mass is 9.97. The lowest BCUT2D eigenvalue weighted by Crippen LogP contribution is -2.42. The minimum absolute atomic E-state index is 0.0416. The number of hydrogen-bond acceptors (Lipinski definition) is 5. The number of sulfonamides is 1. The lowest BCUT2D eigenvalue weighted by molar-refractivity contribution is -0.149. The van der Waals surface area contributed by atoms with E-state index in [2.05, 4.69) is 11.3 Å². The van der Waals surface area contributed by atoms with Crippen LogP contribution in [0.4, 0.5) is 4.39 Å². The average Bonchev–Trinajstić information content (AvgIpc) is 2.66. The molecule has 1 heterocycles. The maximum atomic E-state index is 14.0. The van der Waals surface area contributed by atoms with Crippen LogP contribution in [0.25, 0.3) is 0 Å². The Hall–Kier alpha value is -2.26. The van der Waals surface area contributed by atoms with Crippen LogP contribution in [0.3, 0.4) is 0 Å². The van der Waals surface area contributed by atoms with Gasteiger partial charge in [0.1, 0.15) is 10.7 Å². The summed E-state index contributed by atoms with van der Waals surface area (Å²) in [7, 11) is -4.11. The Bertz CT molecular complexity index is 825. The van der Waals surface area contributed by atoms with Crippen LogP contribution in [0.5, 0.6) is 0 Å². The van der Waals surface area contributed by atoms with E-state index in [9.17, 15) is 22.4 Å². The Morgan fingerprint density at radius 1 is 1.44 bits per heavy atom. The molecule has 1 atom stereocenters. The first-order chi connectivity index (χ1) is 12.8. The first kappa shape index (κ1) is 21.0. The number of hydrogen-bond donors (Lipinski definition) is 1. The molecular formula is C18H23FN2O5S. The van der Waals surface area contributed by atoms with Gasteiger partial charge in [0.25, 0.3) is 5.91 Å². The highest BCUT2D eigenvalue weighted by Gasteiger charge is 2.30. The van der Waals surface area contributed by atoms with E-state index in [0.717, 1.165) is 12.1 Å². The van der Waals surface area contributed by atoms with Crippen molar-refractivity contribution in [2.24, 2.45) is 5.92 Å². The molecule has 2 rings (SSSR count). The fraction of sp³-hybridized carbons (Fsp3) is 0.444. The predicted molar refractivity (Wildman–Crippen MR) is 97.0 cm³/mol. The molecule has 1 aliphatic heterocycles. The number of nitrogens with zero attached hydrogens (tertiary/aromatic N) is 1. The highest BCUT2D eigenvalue weighted by molar-refractivity contribution is 7.89. The topological polar surface area (TPSA) is 92.8 Å². The second kappa shape index (κ2) is 9.09. The zero-order valence-corrected chi connectivity index (χ0v) is 15.9. The molecule has 0 saturated carbocycles. The predicted octanol–water partition coefficient (Wildman–Crippen LogP) is 1.71. The van der Waals surface area contributed by atoms with Crippen LogP contribution in [-0.4, -0.2) is 51.4 Å². The molecule has 27 heavy (non-hydrogen) atoms. The molecule has 0 spiro atoms. The monoisotopic (exact) mass is 398 g/mol. The van der Waals surface area contributed by atoms with Crippen LogP contribution < -0.4 is 4.72 Å². The molecule has 1 aromatic carbocycles. The van der Waals surface area contributed by atoms with Crippen molar-refractivity contribution in [2.75, 3.05) is 26.2 Å². The van der Waals surface area contributed by atoms with Gasteiger partial charge in [0.2, 0.25) is 10.0 Å². The molecule has 1 N–H and O–H groups in total. The van der Waals surface area contributed by atoms with Crippen molar-refractivity contribution >= 4 is 21.9 Å². The largest absolute Gasteiger partial charge is 0.466 e. The summed E-state index contributed by atoms with van der Waals surface area (Å²) in [6.07, 6.45) is 2.58. The fourth-order valence-corrected chi connectivity index (χ4v) is 3.99. The van der Waals surface area contributed by atoms with Crippen LogP contribution >= 0.6 is 0 Å². The third-order valence-corrected chi connectivity index (χ3v) is 5.65. The van der Waals surface area contributed by atoms with Crippen molar-refractivity contribution in [3.63, 3.8) is 0 Å². The molecule has 1 aliphatic rings. The second-order valence-corrected chi connectivity index (χ2v) is 7.86. The molecule has 0 aromatic heterocycles. The molecular weight excluding hydrogens is 375 g/mol. The first-order valence-corrected chi connectivity index (χ1v) is 10.1. The third-order valence-electron chi connectivity index (χ3n) is 4.21.